The van der Waals surface area contributed by atoms with Gasteiger partial charge in [-0.25, -0.2) is 4.79 Å². The first-order valence-electron chi connectivity index (χ1n) is 7.02. The molecule has 0 radical (unpaired) electrons. The van der Waals surface area contributed by atoms with Crippen LogP contribution in [-0.4, -0.2) is 30.1 Å². The topological polar surface area (TPSA) is 68.4 Å². The van der Waals surface area contributed by atoms with E-state index in [0.717, 1.165) is 23.2 Å². The highest BCUT2D eigenvalue weighted by Crippen LogP contribution is 2.20. The summed E-state index contributed by atoms with van der Waals surface area (Å²) in [7, 11) is 0. The van der Waals surface area contributed by atoms with E-state index in [9.17, 15) is 9.59 Å². The normalized spacial score (nSPS) is 10.4. The van der Waals surface area contributed by atoms with Crippen molar-refractivity contribution in [1.82, 2.24) is 4.98 Å². The number of hydrogen-bond donors (Lipinski definition) is 1. The Hall–Kier alpha value is -1.78. The molecule has 112 valence electrons. The largest absolute Gasteiger partial charge is 0.466 e. The van der Waals surface area contributed by atoms with E-state index in [2.05, 4.69) is 4.98 Å². The highest BCUT2D eigenvalue weighted by molar-refractivity contribution is 5.89. The van der Waals surface area contributed by atoms with Gasteiger partial charge in [-0.3, -0.25) is 4.79 Å². The van der Waals surface area contributed by atoms with Crippen molar-refractivity contribution in [3.8, 4) is 0 Å². The van der Waals surface area contributed by atoms with Gasteiger partial charge in [-0.15, -0.1) is 0 Å². The van der Waals surface area contributed by atoms with Gasteiger partial charge in [0.2, 0.25) is 0 Å². The number of nitrogens with one attached hydrogen (secondary N) is 1. The Kier molecular flexibility index (Phi) is 6.28. The fourth-order valence-corrected chi connectivity index (χ4v) is 2.21. The molecule has 0 aliphatic heterocycles. The van der Waals surface area contributed by atoms with Crippen LogP contribution >= 0.6 is 0 Å². The SMILES string of the molecule is CCOC(=O)CCCc1c(C)[nH]c(C(=O)OCC)c1C. The molecule has 0 unspecified atom stereocenters. The summed E-state index contributed by atoms with van der Waals surface area (Å²) in [4.78, 5) is 26.1. The first kappa shape index (κ1) is 16.3. The average Bonchev–Trinajstić information content (AvgIpc) is 2.67. The minimum atomic E-state index is -0.329. The molecule has 5 heteroatoms. The molecule has 0 spiro atoms. The van der Waals surface area contributed by atoms with Gasteiger partial charge in [-0.2, -0.15) is 0 Å². The second kappa shape index (κ2) is 7.72. The van der Waals surface area contributed by atoms with Crippen LogP contribution in [0.3, 0.4) is 0 Å². The summed E-state index contributed by atoms with van der Waals surface area (Å²) >= 11 is 0. The molecule has 1 rings (SSSR count). The molecule has 0 aromatic carbocycles. The van der Waals surface area contributed by atoms with E-state index < -0.39 is 0 Å². The highest BCUT2D eigenvalue weighted by Gasteiger charge is 2.18. The first-order valence-corrected chi connectivity index (χ1v) is 7.02. The van der Waals surface area contributed by atoms with E-state index in [1.165, 1.54) is 0 Å². The van der Waals surface area contributed by atoms with Crippen molar-refractivity contribution in [3.05, 3.63) is 22.5 Å². The zero-order valence-electron chi connectivity index (χ0n) is 12.7. The Labute approximate surface area is 119 Å². The molecule has 0 fully saturated rings. The smallest absolute Gasteiger partial charge is 0.355 e. The van der Waals surface area contributed by atoms with E-state index in [1.807, 2.05) is 13.8 Å². The van der Waals surface area contributed by atoms with Crippen molar-refractivity contribution in [1.29, 1.82) is 0 Å². The summed E-state index contributed by atoms with van der Waals surface area (Å²) in [6, 6.07) is 0. The summed E-state index contributed by atoms with van der Waals surface area (Å²) in [5, 5.41) is 0. The van der Waals surface area contributed by atoms with Gasteiger partial charge in [0.05, 0.1) is 13.2 Å². The lowest BCUT2D eigenvalue weighted by molar-refractivity contribution is -0.143. The van der Waals surface area contributed by atoms with Crippen molar-refractivity contribution >= 4 is 11.9 Å². The van der Waals surface area contributed by atoms with Gasteiger partial charge in [-0.1, -0.05) is 0 Å². The van der Waals surface area contributed by atoms with E-state index >= 15 is 0 Å². The van der Waals surface area contributed by atoms with Gasteiger partial charge in [0.15, 0.2) is 0 Å². The molecule has 0 aliphatic rings. The average molecular weight is 281 g/mol. The number of carbonyl (C=O) groups is 2. The van der Waals surface area contributed by atoms with Crippen molar-refractivity contribution in [3.63, 3.8) is 0 Å². The predicted molar refractivity (Wildman–Crippen MR) is 75.8 cm³/mol. The number of hydrogen-bond acceptors (Lipinski definition) is 4. The molecule has 0 saturated heterocycles. The van der Waals surface area contributed by atoms with Gasteiger partial charge in [0.25, 0.3) is 0 Å². The summed E-state index contributed by atoms with van der Waals surface area (Å²) in [5.74, 6) is -0.506. The summed E-state index contributed by atoms with van der Waals surface area (Å²) in [6.07, 6.45) is 1.85. The predicted octanol–water partition coefficient (Wildman–Crippen LogP) is 2.69. The van der Waals surface area contributed by atoms with E-state index in [1.54, 1.807) is 13.8 Å². The maximum Gasteiger partial charge on any atom is 0.355 e. The van der Waals surface area contributed by atoms with Crippen LogP contribution in [0.15, 0.2) is 0 Å². The molecule has 0 bridgehead atoms. The highest BCUT2D eigenvalue weighted by atomic mass is 16.5. The van der Waals surface area contributed by atoms with Gasteiger partial charge in [-0.05, 0) is 51.7 Å². The van der Waals surface area contributed by atoms with E-state index in [0.29, 0.717) is 31.7 Å². The molecule has 1 aromatic rings. The third kappa shape index (κ3) is 4.11. The fraction of sp³-hybridized carbons (Fsp3) is 0.600. The van der Waals surface area contributed by atoms with Crippen LogP contribution < -0.4 is 0 Å². The zero-order valence-corrected chi connectivity index (χ0v) is 12.7. The molecular formula is C15H23NO4. The number of aromatic amines is 1. The molecule has 0 saturated carbocycles. The summed E-state index contributed by atoms with van der Waals surface area (Å²) in [6.45, 7) is 8.17. The van der Waals surface area contributed by atoms with E-state index in [4.69, 9.17) is 9.47 Å². The van der Waals surface area contributed by atoms with Crippen LogP contribution in [0.5, 0.6) is 0 Å². The molecule has 0 aliphatic carbocycles. The molecule has 1 heterocycles. The number of aryl methyl sites for hydroxylation is 1. The Morgan fingerprint density at radius 3 is 2.35 bits per heavy atom. The second-order valence-corrected chi connectivity index (χ2v) is 4.61. The molecule has 1 aromatic heterocycles. The molecule has 0 atom stereocenters. The van der Waals surface area contributed by atoms with E-state index in [-0.39, 0.29) is 11.9 Å². The van der Waals surface area contributed by atoms with Gasteiger partial charge >= 0.3 is 11.9 Å². The van der Waals surface area contributed by atoms with Crippen LogP contribution in [-0.2, 0) is 20.7 Å². The molecule has 1 N–H and O–H groups in total. The zero-order chi connectivity index (χ0) is 15.1. The fourth-order valence-electron chi connectivity index (χ4n) is 2.21. The summed E-state index contributed by atoms with van der Waals surface area (Å²) in [5.41, 5.74) is 3.45. The Morgan fingerprint density at radius 2 is 1.75 bits per heavy atom. The lowest BCUT2D eigenvalue weighted by Crippen LogP contribution is -2.07. The minimum Gasteiger partial charge on any atom is -0.466 e. The third-order valence-corrected chi connectivity index (χ3v) is 3.19. The van der Waals surface area contributed by atoms with Crippen LogP contribution in [0, 0.1) is 13.8 Å². The van der Waals surface area contributed by atoms with Gasteiger partial charge in [0.1, 0.15) is 5.69 Å². The van der Waals surface area contributed by atoms with Gasteiger partial charge < -0.3 is 14.5 Å². The Bertz CT molecular complexity index is 476. The number of rotatable bonds is 7. The van der Waals surface area contributed by atoms with Crippen molar-refractivity contribution in [2.75, 3.05) is 13.2 Å². The monoisotopic (exact) mass is 281 g/mol. The minimum absolute atomic E-state index is 0.177. The Balaban J connectivity index is 2.67. The van der Waals surface area contributed by atoms with Crippen molar-refractivity contribution < 1.29 is 19.1 Å². The standard InChI is InChI=1S/C15H23NO4/c1-5-19-13(17)9-7-8-12-10(3)14(16-11(12)4)15(18)20-6-2/h16H,5-9H2,1-4H3. The van der Waals surface area contributed by atoms with Crippen LogP contribution in [0.2, 0.25) is 0 Å². The lowest BCUT2D eigenvalue weighted by Gasteiger charge is -2.04. The number of aromatic nitrogens is 1. The van der Waals surface area contributed by atoms with Crippen LogP contribution in [0.25, 0.3) is 0 Å². The quantitative estimate of drug-likeness (QED) is 0.780. The lowest BCUT2D eigenvalue weighted by atomic mass is 10.0. The van der Waals surface area contributed by atoms with Crippen molar-refractivity contribution in [2.24, 2.45) is 0 Å². The molecule has 5 nitrogen and oxygen atoms in total. The number of ether oxygens (including phenoxy) is 2. The number of H-pyrrole nitrogens is 1. The maximum atomic E-state index is 11.8. The number of carbonyl (C=O) groups excluding carboxylic acids is 2. The maximum absolute atomic E-state index is 11.8. The molecule has 0 amide bonds. The third-order valence-electron chi connectivity index (χ3n) is 3.19. The molecular weight excluding hydrogens is 258 g/mol. The van der Waals surface area contributed by atoms with Crippen LogP contribution in [0.1, 0.15) is 54.0 Å². The molecule has 20 heavy (non-hydrogen) atoms. The van der Waals surface area contributed by atoms with Crippen molar-refractivity contribution in [2.45, 2.75) is 47.0 Å². The van der Waals surface area contributed by atoms with Gasteiger partial charge in [0, 0.05) is 12.1 Å². The number of esters is 2. The second-order valence-electron chi connectivity index (χ2n) is 4.61. The van der Waals surface area contributed by atoms with Crippen LogP contribution in [0.4, 0.5) is 0 Å². The summed E-state index contributed by atoms with van der Waals surface area (Å²) < 4.78 is 9.90. The first-order chi connectivity index (χ1) is 9.51. The Morgan fingerprint density at radius 1 is 1.10 bits per heavy atom.